The fourth-order valence-corrected chi connectivity index (χ4v) is 2.77. The number of hydrogen-bond donors (Lipinski definition) is 1. The molecule has 0 bridgehead atoms. The maximum absolute atomic E-state index is 12.0. The molecule has 2 heterocycles. The highest BCUT2D eigenvalue weighted by atomic mass is 32.1. The van der Waals surface area contributed by atoms with Crippen molar-refractivity contribution in [2.75, 3.05) is 0 Å². The van der Waals surface area contributed by atoms with Crippen LogP contribution in [0.4, 0.5) is 0 Å². The largest absolute Gasteiger partial charge is 0.345 e. The molecule has 0 saturated carbocycles. The molecule has 3 rings (SSSR count). The first-order valence-electron chi connectivity index (χ1n) is 8.10. The molecule has 1 aromatic carbocycles. The van der Waals surface area contributed by atoms with Gasteiger partial charge in [0.1, 0.15) is 5.71 Å². The Balaban J connectivity index is 1.56. The van der Waals surface area contributed by atoms with E-state index in [1.165, 1.54) is 11.3 Å². The second-order valence-electron chi connectivity index (χ2n) is 5.53. The van der Waals surface area contributed by atoms with E-state index in [0.29, 0.717) is 12.3 Å². The van der Waals surface area contributed by atoms with Gasteiger partial charge in [0.2, 0.25) is 0 Å². The van der Waals surface area contributed by atoms with Gasteiger partial charge in [-0.15, -0.1) is 11.3 Å². The molecule has 26 heavy (non-hydrogen) atoms. The van der Waals surface area contributed by atoms with E-state index in [9.17, 15) is 4.79 Å². The van der Waals surface area contributed by atoms with Gasteiger partial charge in [0, 0.05) is 23.3 Å². The number of nitrogens with one attached hydrogen (secondary N) is 1. The van der Waals surface area contributed by atoms with Crippen LogP contribution in [0.25, 0.3) is 17.2 Å². The fraction of sp³-hybridized carbons (Fsp3) is 0.100. The van der Waals surface area contributed by atoms with Crippen molar-refractivity contribution in [2.45, 2.75) is 13.5 Å². The highest BCUT2D eigenvalue weighted by Gasteiger charge is 2.05. The summed E-state index contributed by atoms with van der Waals surface area (Å²) in [4.78, 5) is 24.7. The van der Waals surface area contributed by atoms with Crippen molar-refractivity contribution < 1.29 is 4.79 Å². The van der Waals surface area contributed by atoms with Crippen molar-refractivity contribution >= 4 is 29.0 Å². The van der Waals surface area contributed by atoms with Crippen molar-refractivity contribution in [3.8, 4) is 11.1 Å². The number of hydrogen-bond acceptors (Lipinski definition) is 5. The minimum Gasteiger partial charge on any atom is -0.345 e. The lowest BCUT2D eigenvalue weighted by molar-refractivity contribution is -0.115. The average Bonchev–Trinajstić information content (AvgIpc) is 3.21. The predicted octanol–water partition coefficient (Wildman–Crippen LogP) is 3.95. The Kier molecular flexibility index (Phi) is 6.01. The number of nitrogens with zero attached hydrogens (tertiary/aromatic N) is 3. The van der Waals surface area contributed by atoms with Crippen LogP contribution in [0.1, 0.15) is 18.3 Å². The summed E-state index contributed by atoms with van der Waals surface area (Å²) in [7, 11) is 0. The van der Waals surface area contributed by atoms with Crippen LogP contribution in [0.3, 0.4) is 0 Å². The van der Waals surface area contributed by atoms with E-state index in [-0.39, 0.29) is 5.91 Å². The van der Waals surface area contributed by atoms with Crippen LogP contribution in [0.2, 0.25) is 0 Å². The van der Waals surface area contributed by atoms with Gasteiger partial charge in [-0.25, -0.2) is 4.98 Å². The molecule has 1 N–H and O–H groups in total. The molecule has 0 aliphatic heterocycles. The van der Waals surface area contributed by atoms with E-state index < -0.39 is 0 Å². The van der Waals surface area contributed by atoms with Gasteiger partial charge in [-0.3, -0.25) is 14.8 Å². The molecule has 3 aromatic rings. The number of carbonyl (C=O) groups excluding carboxylic acids is 1. The molecule has 0 unspecified atom stereocenters. The van der Waals surface area contributed by atoms with E-state index in [4.69, 9.17) is 0 Å². The molecule has 5 nitrogen and oxygen atoms in total. The minimum absolute atomic E-state index is 0.213. The number of benzene rings is 1. The first-order chi connectivity index (χ1) is 12.7. The van der Waals surface area contributed by atoms with Gasteiger partial charge in [0.15, 0.2) is 0 Å². The number of aliphatic imine (C=N–C) groups is 1. The van der Waals surface area contributed by atoms with Crippen LogP contribution < -0.4 is 5.32 Å². The number of rotatable bonds is 6. The van der Waals surface area contributed by atoms with Crippen LogP contribution in [0.15, 0.2) is 70.7 Å². The molecule has 6 heteroatoms. The van der Waals surface area contributed by atoms with E-state index >= 15 is 0 Å². The third-order valence-electron chi connectivity index (χ3n) is 3.65. The van der Waals surface area contributed by atoms with Crippen LogP contribution in [0.5, 0.6) is 0 Å². The summed E-state index contributed by atoms with van der Waals surface area (Å²) in [6, 6.07) is 14.0. The maximum atomic E-state index is 12.0. The van der Waals surface area contributed by atoms with Gasteiger partial charge in [-0.2, -0.15) is 0 Å². The quantitative estimate of drug-likeness (QED) is 0.675. The standard InChI is InChI=1S/C20H18N4OS/c1-15(20(25)23-12-19-13-26-14-24-19)21-10-9-18-8-7-17(11-22-18)16-5-3-2-4-6-16/h2-11,13-14H,12H2,1H3,(H,23,25)/b10-9-,21-15?. The van der Waals surface area contributed by atoms with Gasteiger partial charge < -0.3 is 5.32 Å². The summed E-state index contributed by atoms with van der Waals surface area (Å²) < 4.78 is 0. The Bertz CT molecular complexity index is 901. The summed E-state index contributed by atoms with van der Waals surface area (Å²) in [5.41, 5.74) is 5.93. The molecule has 0 radical (unpaired) electrons. The molecular formula is C20H18N4OS. The van der Waals surface area contributed by atoms with Gasteiger partial charge in [-0.1, -0.05) is 36.4 Å². The van der Waals surface area contributed by atoms with Crippen molar-refractivity contribution in [2.24, 2.45) is 4.99 Å². The second kappa shape index (κ2) is 8.82. The minimum atomic E-state index is -0.213. The Hall–Kier alpha value is -3.12. The van der Waals surface area contributed by atoms with Crippen molar-refractivity contribution in [3.63, 3.8) is 0 Å². The zero-order valence-corrected chi connectivity index (χ0v) is 15.1. The van der Waals surface area contributed by atoms with Crippen LogP contribution in [-0.2, 0) is 11.3 Å². The predicted molar refractivity (Wildman–Crippen MR) is 106 cm³/mol. The molecule has 0 fully saturated rings. The number of carbonyl (C=O) groups is 1. The summed E-state index contributed by atoms with van der Waals surface area (Å²) in [5, 5.41) is 4.68. The van der Waals surface area contributed by atoms with Crippen LogP contribution in [-0.4, -0.2) is 21.6 Å². The molecule has 0 spiro atoms. The van der Waals surface area contributed by atoms with Crippen LogP contribution in [0, 0.1) is 0 Å². The van der Waals surface area contributed by atoms with E-state index in [1.807, 2.05) is 54.0 Å². The monoisotopic (exact) mass is 362 g/mol. The van der Waals surface area contributed by atoms with Crippen molar-refractivity contribution in [3.05, 3.63) is 77.1 Å². The smallest absolute Gasteiger partial charge is 0.265 e. The van der Waals surface area contributed by atoms with Crippen LogP contribution >= 0.6 is 11.3 Å². The fourth-order valence-electron chi connectivity index (χ4n) is 2.21. The molecule has 0 atom stereocenters. The first kappa shape index (κ1) is 17.7. The Labute approximate surface area is 156 Å². The van der Waals surface area contributed by atoms with E-state index in [0.717, 1.165) is 22.5 Å². The lowest BCUT2D eigenvalue weighted by Crippen LogP contribution is -2.28. The molecule has 2 aromatic heterocycles. The molecule has 0 saturated heterocycles. The van der Waals surface area contributed by atoms with Gasteiger partial charge in [0.25, 0.3) is 5.91 Å². The summed E-state index contributed by atoms with van der Waals surface area (Å²) in [6.45, 7) is 2.08. The zero-order chi connectivity index (χ0) is 18.2. The second-order valence-corrected chi connectivity index (χ2v) is 6.25. The Morgan fingerprint density at radius 2 is 2.00 bits per heavy atom. The van der Waals surface area contributed by atoms with Gasteiger partial charge in [-0.05, 0) is 24.6 Å². The molecular weight excluding hydrogens is 344 g/mol. The maximum Gasteiger partial charge on any atom is 0.265 e. The SMILES string of the molecule is CC(=N/C=C\c1ccc(-c2ccccc2)cn1)C(=O)NCc1cscn1. The number of aromatic nitrogens is 2. The first-order valence-corrected chi connectivity index (χ1v) is 9.04. The molecule has 0 aliphatic rings. The normalized spacial score (nSPS) is 11.7. The lowest BCUT2D eigenvalue weighted by atomic mass is 10.1. The summed E-state index contributed by atoms with van der Waals surface area (Å²) >= 11 is 1.50. The summed E-state index contributed by atoms with van der Waals surface area (Å²) in [6.07, 6.45) is 5.18. The van der Waals surface area contributed by atoms with Gasteiger partial charge >= 0.3 is 0 Å². The molecule has 130 valence electrons. The highest BCUT2D eigenvalue weighted by Crippen LogP contribution is 2.17. The number of pyridine rings is 1. The third-order valence-corrected chi connectivity index (χ3v) is 4.28. The lowest BCUT2D eigenvalue weighted by Gasteiger charge is -2.02. The third kappa shape index (κ3) is 4.94. The van der Waals surface area contributed by atoms with E-state index in [2.05, 4.69) is 20.3 Å². The van der Waals surface area contributed by atoms with Crippen molar-refractivity contribution in [1.29, 1.82) is 0 Å². The Morgan fingerprint density at radius 1 is 1.15 bits per heavy atom. The number of amides is 1. The van der Waals surface area contributed by atoms with Crippen molar-refractivity contribution in [1.82, 2.24) is 15.3 Å². The topological polar surface area (TPSA) is 67.2 Å². The van der Waals surface area contributed by atoms with Gasteiger partial charge in [0.05, 0.1) is 23.4 Å². The van der Waals surface area contributed by atoms with E-state index in [1.54, 1.807) is 24.7 Å². The molecule has 0 aliphatic carbocycles. The zero-order valence-electron chi connectivity index (χ0n) is 14.3. The highest BCUT2D eigenvalue weighted by molar-refractivity contribution is 7.07. The summed E-state index contributed by atoms with van der Waals surface area (Å²) in [5.74, 6) is -0.213. The Morgan fingerprint density at radius 3 is 2.69 bits per heavy atom. The number of thiazole rings is 1. The average molecular weight is 362 g/mol. The molecule has 1 amide bonds.